The number of rotatable bonds is 4. The average Bonchev–Trinajstić information content (AvgIpc) is 2.98. The second-order valence-corrected chi connectivity index (χ2v) is 7.47. The summed E-state index contributed by atoms with van der Waals surface area (Å²) in [5.41, 5.74) is 4.77. The number of carbonyl (C=O) groups is 1. The van der Waals surface area contributed by atoms with Gasteiger partial charge in [0.25, 0.3) is 0 Å². The molecule has 154 valence electrons. The Hall–Kier alpha value is -3.28. The van der Waals surface area contributed by atoms with Crippen molar-refractivity contribution in [3.63, 3.8) is 0 Å². The van der Waals surface area contributed by atoms with Gasteiger partial charge in [0.1, 0.15) is 11.6 Å². The maximum absolute atomic E-state index is 13.2. The van der Waals surface area contributed by atoms with Gasteiger partial charge in [0.05, 0.1) is 13.5 Å². The van der Waals surface area contributed by atoms with Crippen molar-refractivity contribution >= 4 is 5.91 Å². The zero-order valence-electron chi connectivity index (χ0n) is 17.2. The monoisotopic (exact) mass is 405 g/mol. The Kier molecular flexibility index (Phi) is 5.74. The Bertz CT molecular complexity index is 1050. The molecule has 1 aliphatic rings. The molecule has 0 radical (unpaired) electrons. The van der Waals surface area contributed by atoms with E-state index in [4.69, 9.17) is 9.72 Å². The van der Waals surface area contributed by atoms with Gasteiger partial charge in [-0.15, -0.1) is 0 Å². The average molecular weight is 405 g/mol. The molecule has 30 heavy (non-hydrogen) atoms. The van der Waals surface area contributed by atoms with Gasteiger partial charge >= 0.3 is 0 Å². The molecule has 0 unspecified atom stereocenters. The Labute approximate surface area is 175 Å². The third-order valence-corrected chi connectivity index (χ3v) is 5.52. The third kappa shape index (κ3) is 4.32. The molecule has 4 rings (SSSR count). The maximum Gasteiger partial charge on any atom is 0.227 e. The summed E-state index contributed by atoms with van der Waals surface area (Å²) < 4.78 is 18.4. The highest BCUT2D eigenvalue weighted by atomic mass is 19.1. The molecule has 0 aliphatic carbocycles. The van der Waals surface area contributed by atoms with E-state index in [9.17, 15) is 9.18 Å². The zero-order chi connectivity index (χ0) is 21.1. The lowest BCUT2D eigenvalue weighted by Gasteiger charge is -2.20. The molecule has 0 saturated carbocycles. The first-order valence-electron chi connectivity index (χ1n) is 10.1. The molecule has 1 amide bonds. The number of ether oxygens (including phenoxy) is 1. The highest BCUT2D eigenvalue weighted by molar-refractivity contribution is 5.79. The van der Waals surface area contributed by atoms with Crippen LogP contribution in [-0.2, 0) is 24.1 Å². The smallest absolute Gasteiger partial charge is 0.227 e. The molecule has 2 heterocycles. The van der Waals surface area contributed by atoms with E-state index in [0.717, 1.165) is 40.2 Å². The molecular formula is C24H24FN3O2. The van der Waals surface area contributed by atoms with Gasteiger partial charge in [-0.25, -0.2) is 14.4 Å². The van der Waals surface area contributed by atoms with E-state index in [-0.39, 0.29) is 11.7 Å². The fourth-order valence-corrected chi connectivity index (χ4v) is 3.79. The molecule has 2 aromatic carbocycles. The van der Waals surface area contributed by atoms with Gasteiger partial charge in [0.15, 0.2) is 5.82 Å². The lowest BCUT2D eigenvalue weighted by atomic mass is 10.1. The van der Waals surface area contributed by atoms with Gasteiger partial charge in [-0.2, -0.15) is 0 Å². The van der Waals surface area contributed by atoms with E-state index in [1.54, 1.807) is 19.2 Å². The van der Waals surface area contributed by atoms with Crippen LogP contribution in [0.5, 0.6) is 5.75 Å². The predicted molar refractivity (Wildman–Crippen MR) is 113 cm³/mol. The Morgan fingerprint density at radius 1 is 1.03 bits per heavy atom. The van der Waals surface area contributed by atoms with Crippen molar-refractivity contribution < 1.29 is 13.9 Å². The molecule has 5 nitrogen and oxygen atoms in total. The molecule has 0 atom stereocenters. The van der Waals surface area contributed by atoms with E-state index >= 15 is 0 Å². The third-order valence-electron chi connectivity index (χ3n) is 5.52. The van der Waals surface area contributed by atoms with Crippen LogP contribution in [0.25, 0.3) is 11.4 Å². The van der Waals surface area contributed by atoms with E-state index in [0.29, 0.717) is 31.8 Å². The minimum atomic E-state index is -0.281. The summed E-state index contributed by atoms with van der Waals surface area (Å²) in [7, 11) is 1.63. The number of fused-ring (bicyclic) bond motifs is 1. The second-order valence-electron chi connectivity index (χ2n) is 7.47. The fourth-order valence-electron chi connectivity index (χ4n) is 3.79. The van der Waals surface area contributed by atoms with Crippen LogP contribution in [0.4, 0.5) is 4.39 Å². The van der Waals surface area contributed by atoms with Gasteiger partial charge in [0.2, 0.25) is 5.91 Å². The Morgan fingerprint density at radius 2 is 1.73 bits per heavy atom. The van der Waals surface area contributed by atoms with Gasteiger partial charge < -0.3 is 9.64 Å². The minimum absolute atomic E-state index is 0.109. The summed E-state index contributed by atoms with van der Waals surface area (Å²) >= 11 is 0. The molecule has 3 aromatic rings. The van der Waals surface area contributed by atoms with Crippen LogP contribution in [0, 0.1) is 12.7 Å². The van der Waals surface area contributed by atoms with Gasteiger partial charge in [0, 0.05) is 36.5 Å². The number of aromatic nitrogens is 2. The summed E-state index contributed by atoms with van der Waals surface area (Å²) in [5, 5.41) is 0. The molecule has 1 aliphatic heterocycles. The van der Waals surface area contributed by atoms with Crippen molar-refractivity contribution in [1.29, 1.82) is 0 Å². The summed E-state index contributed by atoms with van der Waals surface area (Å²) in [6.07, 6.45) is 1.78. The number of aryl methyl sites for hydroxylation is 1. The quantitative estimate of drug-likeness (QED) is 0.663. The molecule has 1 aromatic heterocycles. The number of benzene rings is 2. The predicted octanol–water partition coefficient (Wildman–Crippen LogP) is 3.77. The number of methoxy groups -OCH3 is 1. The summed E-state index contributed by atoms with van der Waals surface area (Å²) in [5.74, 6) is 1.21. The SMILES string of the molecule is COc1ccc(CC(=O)N2CCc3nc(-c4ccc(F)cc4)nc(C)c3CC2)cc1. The largest absolute Gasteiger partial charge is 0.497 e. The zero-order valence-corrected chi connectivity index (χ0v) is 17.2. The number of nitrogens with zero attached hydrogens (tertiary/aromatic N) is 3. The van der Waals surface area contributed by atoms with Crippen molar-refractivity contribution in [2.75, 3.05) is 20.2 Å². The second kappa shape index (κ2) is 8.61. The number of carbonyl (C=O) groups excluding carboxylic acids is 1. The van der Waals surface area contributed by atoms with Gasteiger partial charge in [-0.05, 0) is 60.9 Å². The number of hydrogen-bond acceptors (Lipinski definition) is 4. The number of hydrogen-bond donors (Lipinski definition) is 0. The summed E-state index contributed by atoms with van der Waals surface area (Å²) in [6, 6.07) is 13.8. The Balaban J connectivity index is 1.49. The first-order valence-corrected chi connectivity index (χ1v) is 10.1. The van der Waals surface area contributed by atoms with E-state index in [1.807, 2.05) is 36.1 Å². The van der Waals surface area contributed by atoms with Crippen LogP contribution in [0.2, 0.25) is 0 Å². The molecular weight excluding hydrogens is 381 g/mol. The Morgan fingerprint density at radius 3 is 2.43 bits per heavy atom. The highest BCUT2D eigenvalue weighted by Gasteiger charge is 2.22. The normalized spacial score (nSPS) is 13.5. The van der Waals surface area contributed by atoms with Crippen LogP contribution >= 0.6 is 0 Å². The van der Waals surface area contributed by atoms with Crippen LogP contribution in [0.1, 0.15) is 22.5 Å². The van der Waals surface area contributed by atoms with Crippen LogP contribution in [0.15, 0.2) is 48.5 Å². The van der Waals surface area contributed by atoms with Crippen molar-refractivity contribution in [3.05, 3.63) is 76.9 Å². The molecule has 0 spiro atoms. The van der Waals surface area contributed by atoms with Crippen LogP contribution < -0.4 is 4.74 Å². The van der Waals surface area contributed by atoms with Crippen molar-refractivity contribution in [1.82, 2.24) is 14.9 Å². The van der Waals surface area contributed by atoms with Gasteiger partial charge in [-0.3, -0.25) is 4.79 Å². The van der Waals surface area contributed by atoms with E-state index in [2.05, 4.69) is 4.98 Å². The van der Waals surface area contributed by atoms with Crippen molar-refractivity contribution in [2.45, 2.75) is 26.2 Å². The highest BCUT2D eigenvalue weighted by Crippen LogP contribution is 2.23. The molecule has 0 bridgehead atoms. The lowest BCUT2D eigenvalue weighted by molar-refractivity contribution is -0.130. The first-order chi connectivity index (χ1) is 14.5. The van der Waals surface area contributed by atoms with Crippen molar-refractivity contribution in [3.8, 4) is 17.1 Å². The van der Waals surface area contributed by atoms with Gasteiger partial charge in [-0.1, -0.05) is 12.1 Å². The number of halogens is 1. The maximum atomic E-state index is 13.2. The summed E-state index contributed by atoms with van der Waals surface area (Å²) in [6.45, 7) is 3.26. The van der Waals surface area contributed by atoms with Crippen molar-refractivity contribution in [2.24, 2.45) is 0 Å². The van der Waals surface area contributed by atoms with Crippen LogP contribution in [-0.4, -0.2) is 41.0 Å². The van der Waals surface area contributed by atoms with E-state index in [1.165, 1.54) is 12.1 Å². The number of amides is 1. The minimum Gasteiger partial charge on any atom is -0.497 e. The standard InChI is InChI=1S/C24H24FN3O2/c1-16-21-11-13-28(23(29)15-17-3-9-20(30-2)10-4-17)14-12-22(21)27-24(26-16)18-5-7-19(25)8-6-18/h3-10H,11-15H2,1-2H3. The summed E-state index contributed by atoms with van der Waals surface area (Å²) in [4.78, 5) is 24.1. The fraction of sp³-hybridized carbons (Fsp3) is 0.292. The molecule has 0 saturated heterocycles. The molecule has 6 heteroatoms. The molecule has 0 N–H and O–H groups in total. The topological polar surface area (TPSA) is 55.3 Å². The molecule has 0 fully saturated rings. The lowest BCUT2D eigenvalue weighted by Crippen LogP contribution is -2.34. The first kappa shape index (κ1) is 20.0. The van der Waals surface area contributed by atoms with E-state index < -0.39 is 0 Å². The van der Waals surface area contributed by atoms with Crippen LogP contribution in [0.3, 0.4) is 0 Å².